The van der Waals surface area contributed by atoms with Crippen LogP contribution in [-0.4, -0.2) is 53.2 Å². The van der Waals surface area contributed by atoms with Crippen molar-refractivity contribution in [3.63, 3.8) is 0 Å². The molecule has 1 fully saturated rings. The van der Waals surface area contributed by atoms with Crippen LogP contribution in [0.3, 0.4) is 0 Å². The summed E-state index contributed by atoms with van der Waals surface area (Å²) in [5, 5.41) is 0.242. The average molecular weight is 327 g/mol. The first kappa shape index (κ1) is 16.8. The molecule has 0 radical (unpaired) electrons. The minimum absolute atomic E-state index is 0.234. The number of hydrogen-bond acceptors (Lipinski definition) is 5. The minimum Gasteiger partial charge on any atom is -0.444 e. The molecular formula is C15H23ClN4O2. The largest absolute Gasteiger partial charge is 0.444 e. The van der Waals surface area contributed by atoms with E-state index in [1.807, 2.05) is 38.8 Å². The van der Waals surface area contributed by atoms with Crippen molar-refractivity contribution < 1.29 is 9.53 Å². The monoisotopic (exact) mass is 326 g/mol. The zero-order valence-electron chi connectivity index (χ0n) is 13.5. The van der Waals surface area contributed by atoms with Gasteiger partial charge in [-0.3, -0.25) is 0 Å². The van der Waals surface area contributed by atoms with Crippen LogP contribution in [-0.2, 0) is 4.74 Å². The first-order valence-electron chi connectivity index (χ1n) is 7.42. The molecule has 0 N–H and O–H groups in total. The van der Waals surface area contributed by atoms with Gasteiger partial charge in [0.05, 0.1) is 0 Å². The van der Waals surface area contributed by atoms with Gasteiger partial charge in [0.15, 0.2) is 0 Å². The number of rotatable bonds is 3. The van der Waals surface area contributed by atoms with E-state index in [4.69, 9.17) is 16.3 Å². The van der Waals surface area contributed by atoms with E-state index in [-0.39, 0.29) is 11.4 Å². The summed E-state index contributed by atoms with van der Waals surface area (Å²) >= 11 is 5.81. The molecule has 1 saturated heterocycles. The Morgan fingerprint density at radius 1 is 1.55 bits per heavy atom. The predicted molar refractivity (Wildman–Crippen MR) is 86.2 cm³/mol. The quantitative estimate of drug-likeness (QED) is 0.799. The second-order valence-electron chi connectivity index (χ2n) is 6.65. The number of carbonyl (C=O) groups is 1. The molecular weight excluding hydrogens is 304 g/mol. The minimum atomic E-state index is -0.455. The number of likely N-dealkylation sites (tertiary alicyclic amines) is 1. The molecule has 1 aromatic heterocycles. The number of ether oxygens (including phenoxy) is 1. The van der Waals surface area contributed by atoms with Gasteiger partial charge in [0, 0.05) is 32.9 Å². The molecule has 1 aliphatic rings. The van der Waals surface area contributed by atoms with Crippen LogP contribution in [0.5, 0.6) is 0 Å². The molecule has 6 nitrogen and oxygen atoms in total. The lowest BCUT2D eigenvalue weighted by Gasteiger charge is -2.25. The van der Waals surface area contributed by atoms with Crippen LogP contribution in [0, 0.1) is 5.92 Å². The first-order chi connectivity index (χ1) is 10.2. The Labute approximate surface area is 136 Å². The highest BCUT2D eigenvalue weighted by atomic mass is 35.5. The van der Waals surface area contributed by atoms with E-state index in [0.29, 0.717) is 12.5 Å². The number of carbonyl (C=O) groups excluding carboxylic acids is 1. The lowest BCUT2D eigenvalue weighted by Crippen LogP contribution is -2.36. The maximum absolute atomic E-state index is 12.1. The third-order valence-electron chi connectivity index (χ3n) is 3.47. The molecule has 1 amide bonds. The zero-order valence-corrected chi connectivity index (χ0v) is 14.3. The molecule has 2 rings (SSSR count). The molecule has 1 aromatic rings. The van der Waals surface area contributed by atoms with Crippen molar-refractivity contribution in [2.45, 2.75) is 32.8 Å². The van der Waals surface area contributed by atoms with Gasteiger partial charge in [0.1, 0.15) is 11.4 Å². The highest BCUT2D eigenvalue weighted by Crippen LogP contribution is 2.22. The maximum Gasteiger partial charge on any atom is 0.410 e. The van der Waals surface area contributed by atoms with Gasteiger partial charge in [0.25, 0.3) is 0 Å². The normalized spacial score (nSPS) is 18.4. The van der Waals surface area contributed by atoms with Crippen LogP contribution < -0.4 is 4.90 Å². The van der Waals surface area contributed by atoms with Gasteiger partial charge < -0.3 is 14.5 Å². The highest BCUT2D eigenvalue weighted by molar-refractivity contribution is 6.28. The predicted octanol–water partition coefficient (Wildman–Crippen LogP) is 2.82. The fourth-order valence-electron chi connectivity index (χ4n) is 2.49. The molecule has 122 valence electrons. The van der Waals surface area contributed by atoms with E-state index in [1.165, 1.54) is 0 Å². The van der Waals surface area contributed by atoms with E-state index in [0.717, 1.165) is 25.3 Å². The second-order valence-corrected chi connectivity index (χ2v) is 6.98. The number of anilines is 1. The average Bonchev–Trinajstić information content (AvgIpc) is 2.85. The molecule has 0 unspecified atom stereocenters. The van der Waals surface area contributed by atoms with Crippen LogP contribution in [0.25, 0.3) is 0 Å². The first-order valence-corrected chi connectivity index (χ1v) is 7.80. The van der Waals surface area contributed by atoms with Gasteiger partial charge in [-0.2, -0.15) is 0 Å². The Morgan fingerprint density at radius 3 is 2.91 bits per heavy atom. The summed E-state index contributed by atoms with van der Waals surface area (Å²) in [6.45, 7) is 7.89. The molecule has 0 aromatic carbocycles. The van der Waals surface area contributed by atoms with Crippen molar-refractivity contribution in [1.29, 1.82) is 0 Å². The van der Waals surface area contributed by atoms with Crippen LogP contribution >= 0.6 is 11.6 Å². The van der Waals surface area contributed by atoms with Gasteiger partial charge in [-0.25, -0.2) is 14.8 Å². The lowest BCUT2D eigenvalue weighted by molar-refractivity contribution is 0.0288. The van der Waals surface area contributed by atoms with Gasteiger partial charge in [-0.15, -0.1) is 0 Å². The Bertz CT molecular complexity index is 533. The summed E-state index contributed by atoms with van der Waals surface area (Å²) in [5.74, 6) is 1.18. The van der Waals surface area contributed by atoms with Crippen LogP contribution in [0.4, 0.5) is 10.6 Å². The summed E-state index contributed by atoms with van der Waals surface area (Å²) in [6.07, 6.45) is 2.37. The SMILES string of the molecule is CN(C[C@H]1CCN(C(=O)OC(C)(C)C)C1)c1ccnc(Cl)n1. The summed E-state index contributed by atoms with van der Waals surface area (Å²) in [5.41, 5.74) is -0.455. The summed E-state index contributed by atoms with van der Waals surface area (Å²) < 4.78 is 5.41. The summed E-state index contributed by atoms with van der Waals surface area (Å²) in [4.78, 5) is 23.9. The third-order valence-corrected chi connectivity index (χ3v) is 3.65. The van der Waals surface area contributed by atoms with Crippen LogP contribution in [0.15, 0.2) is 12.3 Å². The molecule has 1 aliphatic heterocycles. The molecule has 22 heavy (non-hydrogen) atoms. The van der Waals surface area contributed by atoms with Crippen molar-refractivity contribution >= 4 is 23.5 Å². The fraction of sp³-hybridized carbons (Fsp3) is 0.667. The Balaban J connectivity index is 1.87. The van der Waals surface area contributed by atoms with E-state index >= 15 is 0 Å². The van der Waals surface area contributed by atoms with Crippen molar-refractivity contribution in [2.75, 3.05) is 31.6 Å². The van der Waals surface area contributed by atoms with Gasteiger partial charge in [0.2, 0.25) is 5.28 Å². The van der Waals surface area contributed by atoms with E-state index in [1.54, 1.807) is 11.1 Å². The Morgan fingerprint density at radius 2 is 2.27 bits per heavy atom. The van der Waals surface area contributed by atoms with E-state index in [2.05, 4.69) is 9.97 Å². The van der Waals surface area contributed by atoms with Crippen LogP contribution in [0.1, 0.15) is 27.2 Å². The fourth-order valence-corrected chi connectivity index (χ4v) is 2.64. The number of hydrogen-bond donors (Lipinski definition) is 0. The van der Waals surface area contributed by atoms with Gasteiger partial charge >= 0.3 is 6.09 Å². The molecule has 0 aliphatic carbocycles. The topological polar surface area (TPSA) is 58.6 Å². The smallest absolute Gasteiger partial charge is 0.410 e. The summed E-state index contributed by atoms with van der Waals surface area (Å²) in [7, 11) is 1.97. The van der Waals surface area contributed by atoms with Crippen molar-refractivity contribution in [3.8, 4) is 0 Å². The third kappa shape index (κ3) is 4.73. The molecule has 0 spiro atoms. The number of aromatic nitrogens is 2. The van der Waals surface area contributed by atoms with Crippen molar-refractivity contribution in [2.24, 2.45) is 5.92 Å². The van der Waals surface area contributed by atoms with Crippen molar-refractivity contribution in [1.82, 2.24) is 14.9 Å². The number of nitrogens with zero attached hydrogens (tertiary/aromatic N) is 4. The maximum atomic E-state index is 12.1. The molecule has 0 saturated carbocycles. The molecule has 7 heteroatoms. The number of amides is 1. The Kier molecular flexibility index (Phi) is 5.11. The van der Waals surface area contributed by atoms with Gasteiger partial charge in [-0.1, -0.05) is 0 Å². The van der Waals surface area contributed by atoms with Crippen molar-refractivity contribution in [3.05, 3.63) is 17.5 Å². The molecule has 2 heterocycles. The van der Waals surface area contributed by atoms with Crippen LogP contribution in [0.2, 0.25) is 5.28 Å². The second kappa shape index (κ2) is 6.69. The molecule has 0 bridgehead atoms. The zero-order chi connectivity index (χ0) is 16.3. The van der Waals surface area contributed by atoms with Gasteiger partial charge in [-0.05, 0) is 50.8 Å². The Hall–Kier alpha value is -1.56. The highest BCUT2D eigenvalue weighted by Gasteiger charge is 2.30. The van der Waals surface area contributed by atoms with E-state index < -0.39 is 5.60 Å². The molecule has 1 atom stereocenters. The summed E-state index contributed by atoms with van der Waals surface area (Å²) in [6, 6.07) is 1.83. The standard InChI is InChI=1S/C15H23ClN4O2/c1-15(2,3)22-14(21)20-8-6-11(10-20)9-19(4)12-5-7-17-13(16)18-12/h5,7,11H,6,8-10H2,1-4H3/t11-/m1/s1. The number of halogens is 1. The van der Waals surface area contributed by atoms with E-state index in [9.17, 15) is 4.79 Å². The lowest BCUT2D eigenvalue weighted by atomic mass is 10.1.